The zero-order chi connectivity index (χ0) is 10.6. The van der Waals surface area contributed by atoms with Gasteiger partial charge in [-0.25, -0.2) is 0 Å². The molecule has 4 nitrogen and oxygen atoms in total. The van der Waals surface area contributed by atoms with Crippen LogP contribution in [0.5, 0.6) is 0 Å². The molecule has 0 radical (unpaired) electrons. The molecule has 2 N–H and O–H groups in total. The minimum atomic E-state index is -0.499. The lowest BCUT2D eigenvalue weighted by atomic mass is 10.0. The van der Waals surface area contributed by atoms with Crippen molar-refractivity contribution >= 4 is 5.97 Å². The Morgan fingerprint density at radius 2 is 2.43 bits per heavy atom. The summed E-state index contributed by atoms with van der Waals surface area (Å²) in [5.74, 6) is -0.125. The Kier molecular flexibility index (Phi) is 4.35. The van der Waals surface area contributed by atoms with Crippen molar-refractivity contribution in [2.24, 2.45) is 11.7 Å². The molecule has 0 aromatic carbocycles. The fourth-order valence-corrected chi connectivity index (χ4v) is 1.33. The molecule has 0 aromatic rings. The minimum Gasteiger partial charge on any atom is -0.459 e. The second kappa shape index (κ2) is 5.32. The molecule has 0 aliphatic carbocycles. The van der Waals surface area contributed by atoms with E-state index in [1.54, 1.807) is 0 Å². The number of hydrogen-bond acceptors (Lipinski definition) is 4. The first-order chi connectivity index (χ1) is 6.65. The number of carbonyl (C=O) groups is 1. The van der Waals surface area contributed by atoms with Crippen LogP contribution in [-0.2, 0) is 14.3 Å². The van der Waals surface area contributed by atoms with Crippen molar-refractivity contribution in [2.45, 2.75) is 38.8 Å². The Labute approximate surface area is 84.7 Å². The molecule has 1 aliphatic rings. The SMILES string of the molecule is CCC(C)[C@H](N)C(=O)OC1CCOC1. The van der Waals surface area contributed by atoms with Gasteiger partial charge >= 0.3 is 5.97 Å². The lowest BCUT2D eigenvalue weighted by Gasteiger charge is -2.19. The van der Waals surface area contributed by atoms with Gasteiger partial charge in [0, 0.05) is 6.42 Å². The summed E-state index contributed by atoms with van der Waals surface area (Å²) in [5, 5.41) is 0. The van der Waals surface area contributed by atoms with E-state index < -0.39 is 6.04 Å². The van der Waals surface area contributed by atoms with Crippen LogP contribution in [0.1, 0.15) is 26.7 Å². The molecular formula is C10H19NO3. The van der Waals surface area contributed by atoms with Gasteiger partial charge in [-0.15, -0.1) is 0 Å². The Bertz CT molecular complexity index is 190. The van der Waals surface area contributed by atoms with Crippen molar-refractivity contribution in [3.05, 3.63) is 0 Å². The highest BCUT2D eigenvalue weighted by molar-refractivity contribution is 5.76. The van der Waals surface area contributed by atoms with Gasteiger partial charge < -0.3 is 15.2 Å². The second-order valence-corrected chi connectivity index (χ2v) is 3.83. The molecule has 0 spiro atoms. The van der Waals surface area contributed by atoms with Gasteiger partial charge in [0.2, 0.25) is 0 Å². The predicted octanol–water partition coefficient (Wildman–Crippen LogP) is 0.692. The highest BCUT2D eigenvalue weighted by Crippen LogP contribution is 2.12. The van der Waals surface area contributed by atoms with Crippen LogP contribution in [0.25, 0.3) is 0 Å². The second-order valence-electron chi connectivity index (χ2n) is 3.83. The van der Waals surface area contributed by atoms with Crippen LogP contribution in [0.2, 0.25) is 0 Å². The number of nitrogens with two attached hydrogens (primary N) is 1. The number of ether oxygens (including phenoxy) is 2. The lowest BCUT2D eigenvalue weighted by Crippen LogP contribution is -2.39. The summed E-state index contributed by atoms with van der Waals surface area (Å²) in [6.07, 6.45) is 1.59. The summed E-state index contributed by atoms with van der Waals surface area (Å²) >= 11 is 0. The van der Waals surface area contributed by atoms with Crippen molar-refractivity contribution in [2.75, 3.05) is 13.2 Å². The van der Waals surface area contributed by atoms with Gasteiger partial charge in [-0.05, 0) is 5.92 Å². The summed E-state index contributed by atoms with van der Waals surface area (Å²) in [6.45, 7) is 5.16. The van der Waals surface area contributed by atoms with Crippen molar-refractivity contribution in [1.82, 2.24) is 0 Å². The van der Waals surface area contributed by atoms with E-state index >= 15 is 0 Å². The van der Waals surface area contributed by atoms with Gasteiger partial charge in [-0.2, -0.15) is 0 Å². The third-order valence-electron chi connectivity index (χ3n) is 2.70. The van der Waals surface area contributed by atoms with Gasteiger partial charge in [-0.1, -0.05) is 20.3 Å². The smallest absolute Gasteiger partial charge is 0.323 e. The van der Waals surface area contributed by atoms with Crippen molar-refractivity contribution in [3.8, 4) is 0 Å². The maximum atomic E-state index is 11.5. The minimum absolute atomic E-state index is 0.0855. The highest BCUT2D eigenvalue weighted by Gasteiger charge is 2.26. The molecular weight excluding hydrogens is 182 g/mol. The van der Waals surface area contributed by atoms with Gasteiger partial charge in [0.1, 0.15) is 12.1 Å². The van der Waals surface area contributed by atoms with Crippen LogP contribution in [-0.4, -0.2) is 31.3 Å². The number of esters is 1. The molecule has 1 fully saturated rings. The standard InChI is InChI=1S/C10H19NO3/c1-3-7(2)9(11)10(12)14-8-4-5-13-6-8/h7-9H,3-6,11H2,1-2H3/t7?,8?,9-/m0/s1. The van der Waals surface area contributed by atoms with E-state index in [4.69, 9.17) is 15.2 Å². The number of carbonyl (C=O) groups excluding carboxylic acids is 1. The monoisotopic (exact) mass is 201 g/mol. The topological polar surface area (TPSA) is 61.6 Å². The van der Waals surface area contributed by atoms with Crippen LogP contribution in [0.4, 0.5) is 0 Å². The summed E-state index contributed by atoms with van der Waals surface area (Å²) in [6, 6.07) is -0.499. The number of rotatable bonds is 4. The Morgan fingerprint density at radius 3 is 2.93 bits per heavy atom. The average molecular weight is 201 g/mol. The van der Waals surface area contributed by atoms with Gasteiger partial charge in [0.15, 0.2) is 0 Å². The molecule has 0 saturated carbocycles. The maximum Gasteiger partial charge on any atom is 0.323 e. The molecule has 4 heteroatoms. The fraction of sp³-hybridized carbons (Fsp3) is 0.900. The quantitative estimate of drug-likeness (QED) is 0.680. The van der Waals surface area contributed by atoms with Crippen LogP contribution < -0.4 is 5.73 Å². The molecule has 1 heterocycles. The summed E-state index contributed by atoms with van der Waals surface area (Å²) in [7, 11) is 0. The molecule has 1 aliphatic heterocycles. The van der Waals surface area contributed by atoms with Crippen LogP contribution in [0, 0.1) is 5.92 Å². The summed E-state index contributed by atoms with van der Waals surface area (Å²) in [5.41, 5.74) is 5.73. The first-order valence-corrected chi connectivity index (χ1v) is 5.19. The molecule has 0 bridgehead atoms. The normalized spacial score (nSPS) is 25.8. The third kappa shape index (κ3) is 2.96. The van der Waals surface area contributed by atoms with Gasteiger partial charge in [0.25, 0.3) is 0 Å². The van der Waals surface area contributed by atoms with E-state index in [0.717, 1.165) is 12.8 Å². The summed E-state index contributed by atoms with van der Waals surface area (Å²) in [4.78, 5) is 11.5. The van der Waals surface area contributed by atoms with Gasteiger partial charge in [0.05, 0.1) is 13.2 Å². The summed E-state index contributed by atoms with van der Waals surface area (Å²) < 4.78 is 10.3. The molecule has 1 saturated heterocycles. The molecule has 0 amide bonds. The zero-order valence-corrected chi connectivity index (χ0v) is 8.86. The maximum absolute atomic E-state index is 11.5. The average Bonchev–Trinajstić information content (AvgIpc) is 2.68. The largest absolute Gasteiger partial charge is 0.459 e. The highest BCUT2D eigenvalue weighted by atomic mass is 16.6. The van der Waals surface area contributed by atoms with E-state index in [0.29, 0.717) is 13.2 Å². The Balaban J connectivity index is 2.32. The fourth-order valence-electron chi connectivity index (χ4n) is 1.33. The Hall–Kier alpha value is -0.610. The van der Waals surface area contributed by atoms with Crippen molar-refractivity contribution in [3.63, 3.8) is 0 Å². The van der Waals surface area contributed by atoms with Crippen LogP contribution in [0.3, 0.4) is 0 Å². The van der Waals surface area contributed by atoms with E-state index in [1.807, 2.05) is 13.8 Å². The van der Waals surface area contributed by atoms with Gasteiger partial charge in [-0.3, -0.25) is 4.79 Å². The molecule has 3 atom stereocenters. The van der Waals surface area contributed by atoms with E-state index in [2.05, 4.69) is 0 Å². The van der Waals surface area contributed by atoms with E-state index in [1.165, 1.54) is 0 Å². The van der Waals surface area contributed by atoms with Crippen molar-refractivity contribution < 1.29 is 14.3 Å². The van der Waals surface area contributed by atoms with Crippen molar-refractivity contribution in [1.29, 1.82) is 0 Å². The van der Waals surface area contributed by atoms with Crippen LogP contribution >= 0.6 is 0 Å². The van der Waals surface area contributed by atoms with E-state index in [-0.39, 0.29) is 18.0 Å². The third-order valence-corrected chi connectivity index (χ3v) is 2.70. The number of hydrogen-bond donors (Lipinski definition) is 1. The first kappa shape index (κ1) is 11.5. The predicted molar refractivity (Wildman–Crippen MR) is 52.7 cm³/mol. The molecule has 14 heavy (non-hydrogen) atoms. The first-order valence-electron chi connectivity index (χ1n) is 5.19. The molecule has 0 aromatic heterocycles. The van der Waals surface area contributed by atoms with Crippen LogP contribution in [0.15, 0.2) is 0 Å². The zero-order valence-electron chi connectivity index (χ0n) is 8.86. The molecule has 82 valence electrons. The Morgan fingerprint density at radius 1 is 1.71 bits per heavy atom. The molecule has 2 unspecified atom stereocenters. The molecule has 1 rings (SSSR count). The van der Waals surface area contributed by atoms with E-state index in [9.17, 15) is 4.79 Å². The lowest BCUT2D eigenvalue weighted by molar-refractivity contribution is -0.151.